The van der Waals surface area contributed by atoms with E-state index in [1.165, 1.54) is 16.7 Å². The predicted molar refractivity (Wildman–Crippen MR) is 120 cm³/mol. The van der Waals surface area contributed by atoms with Gasteiger partial charge in [-0.15, -0.1) is 23.1 Å². The predicted octanol–water partition coefficient (Wildman–Crippen LogP) is 1.28. The van der Waals surface area contributed by atoms with Crippen molar-refractivity contribution in [2.24, 2.45) is 5.16 Å². The molecule has 1 aromatic heterocycles. The number of hydrogen-bond acceptors (Lipinski definition) is 9. The minimum Gasteiger partial charge on any atom is -0.480 e. The minimum absolute atomic E-state index is 0.114. The number of β-lactam (4-membered cyclic amide) rings is 1. The highest BCUT2D eigenvalue weighted by atomic mass is 32.2. The number of nitrogens with two attached hydrogens (primary N) is 1. The fourth-order valence-electron chi connectivity index (χ4n) is 3.70. The number of nitrogens with one attached hydrogen (secondary N) is 1. The summed E-state index contributed by atoms with van der Waals surface area (Å²) in [6.07, 6.45) is 0. The number of aromatic nitrogens is 1. The lowest BCUT2D eigenvalue weighted by atomic mass is 9.96. The number of benzene rings is 1. The molecule has 1 aromatic carbocycles. The van der Waals surface area contributed by atoms with E-state index in [2.05, 4.69) is 15.5 Å². The maximum Gasteiger partial charge on any atom is 0.327 e. The monoisotopic (exact) mass is 475 g/mol. The summed E-state index contributed by atoms with van der Waals surface area (Å²) in [6, 6.07) is 7.47. The van der Waals surface area contributed by atoms with Gasteiger partial charge in [0.15, 0.2) is 10.8 Å². The maximum absolute atomic E-state index is 13.0. The number of aliphatic carboxylic acids is 1. The second-order valence-electron chi connectivity index (χ2n) is 7.82. The van der Waals surface area contributed by atoms with E-state index in [4.69, 9.17) is 10.6 Å². The first-order valence-electron chi connectivity index (χ1n) is 9.68. The molecule has 0 spiro atoms. The fourth-order valence-corrected chi connectivity index (χ4v) is 5.87. The van der Waals surface area contributed by atoms with Crippen molar-refractivity contribution in [1.29, 1.82) is 0 Å². The zero-order chi connectivity index (χ0) is 23.0. The number of carbonyl (C=O) groups is 3. The number of nitrogen functional groups attached to an aromatic ring is 1. The molecule has 2 saturated heterocycles. The Morgan fingerprint density at radius 2 is 2.06 bits per heavy atom. The second kappa shape index (κ2) is 8.43. The zero-order valence-corrected chi connectivity index (χ0v) is 18.9. The van der Waals surface area contributed by atoms with Crippen LogP contribution < -0.4 is 11.1 Å². The van der Waals surface area contributed by atoms with Crippen molar-refractivity contribution in [3.63, 3.8) is 0 Å². The normalized spacial score (nSPS) is 23.9. The molecule has 12 heteroatoms. The molecule has 0 bridgehead atoms. The summed E-state index contributed by atoms with van der Waals surface area (Å²) < 4.78 is -0.690. The van der Waals surface area contributed by atoms with Gasteiger partial charge in [0.25, 0.3) is 5.91 Å². The summed E-state index contributed by atoms with van der Waals surface area (Å²) in [7, 11) is 0. The Kier molecular flexibility index (Phi) is 5.82. The molecular formula is C20H21N5O5S2. The van der Waals surface area contributed by atoms with Crippen LogP contribution in [0, 0.1) is 0 Å². The number of amides is 2. The van der Waals surface area contributed by atoms with Crippen molar-refractivity contribution in [2.45, 2.75) is 42.7 Å². The van der Waals surface area contributed by atoms with Crippen LogP contribution in [0.25, 0.3) is 0 Å². The van der Waals surface area contributed by atoms with E-state index in [0.717, 1.165) is 16.9 Å². The van der Waals surface area contributed by atoms with Crippen molar-refractivity contribution in [3.05, 3.63) is 47.0 Å². The lowest BCUT2D eigenvalue weighted by Crippen LogP contribution is -2.71. The first kappa shape index (κ1) is 22.1. The van der Waals surface area contributed by atoms with Crippen LogP contribution in [-0.4, -0.2) is 60.7 Å². The molecule has 4 N–H and O–H groups in total. The van der Waals surface area contributed by atoms with Crippen LogP contribution in [0.3, 0.4) is 0 Å². The molecule has 0 aliphatic carbocycles. The van der Waals surface area contributed by atoms with Crippen LogP contribution >= 0.6 is 23.1 Å². The molecule has 2 aliphatic heterocycles. The van der Waals surface area contributed by atoms with E-state index >= 15 is 0 Å². The van der Waals surface area contributed by atoms with E-state index in [9.17, 15) is 19.5 Å². The van der Waals surface area contributed by atoms with Gasteiger partial charge in [0.05, 0.1) is 0 Å². The Hall–Kier alpha value is -3.12. The smallest absolute Gasteiger partial charge is 0.327 e. The first-order valence-corrected chi connectivity index (χ1v) is 11.4. The van der Waals surface area contributed by atoms with E-state index in [-0.39, 0.29) is 23.1 Å². The number of carboxylic acids is 1. The number of nitrogens with zero attached hydrogens (tertiary/aromatic N) is 3. The summed E-state index contributed by atoms with van der Waals surface area (Å²) in [6.45, 7) is 3.67. The average Bonchev–Trinajstić information content (AvgIpc) is 3.28. The summed E-state index contributed by atoms with van der Waals surface area (Å²) >= 11 is 2.48. The maximum atomic E-state index is 13.0. The van der Waals surface area contributed by atoms with Gasteiger partial charge in [-0.1, -0.05) is 35.5 Å². The summed E-state index contributed by atoms with van der Waals surface area (Å²) in [4.78, 5) is 48.1. The van der Waals surface area contributed by atoms with E-state index in [1.54, 1.807) is 19.2 Å². The standard InChI is InChI=1S/C20H21N5O5S2/c1-20(2)14(18(28)29)25-16(27)13(17(25)32-20)23-15(26)12(11-9-31-19(21)22-11)24-30-8-10-6-4-3-5-7-10/h3-7,9,13-14,17H,8H2,1-2H3,(H2,21,22)(H,23,26)(H,28,29)/t13-,14-,17+/m0/s1. The molecule has 2 aliphatic rings. The van der Waals surface area contributed by atoms with Gasteiger partial charge >= 0.3 is 5.97 Å². The van der Waals surface area contributed by atoms with Gasteiger partial charge in [0.2, 0.25) is 5.91 Å². The van der Waals surface area contributed by atoms with Crippen LogP contribution in [0.15, 0.2) is 40.9 Å². The molecule has 32 heavy (non-hydrogen) atoms. The Morgan fingerprint density at radius 1 is 1.34 bits per heavy atom. The van der Waals surface area contributed by atoms with Gasteiger partial charge in [-0.2, -0.15) is 0 Å². The topological polar surface area (TPSA) is 147 Å². The largest absolute Gasteiger partial charge is 0.480 e. The van der Waals surface area contributed by atoms with Crippen molar-refractivity contribution < 1.29 is 24.3 Å². The number of fused-ring (bicyclic) bond motifs is 1. The number of carbonyl (C=O) groups excluding carboxylic acids is 2. The Balaban J connectivity index is 1.50. The molecule has 168 valence electrons. The molecule has 4 rings (SSSR count). The third-order valence-corrected chi connectivity index (χ3v) is 7.42. The van der Waals surface area contributed by atoms with Crippen molar-refractivity contribution in [1.82, 2.24) is 15.2 Å². The molecule has 2 fully saturated rings. The van der Waals surface area contributed by atoms with Gasteiger partial charge in [-0.25, -0.2) is 9.78 Å². The number of thiazole rings is 1. The molecule has 0 unspecified atom stereocenters. The van der Waals surface area contributed by atoms with Gasteiger partial charge in [0.1, 0.15) is 29.8 Å². The lowest BCUT2D eigenvalue weighted by molar-refractivity contribution is -0.160. The molecule has 3 atom stereocenters. The molecule has 0 radical (unpaired) electrons. The fraction of sp³-hybridized carbons (Fsp3) is 0.350. The average molecular weight is 476 g/mol. The zero-order valence-electron chi connectivity index (χ0n) is 17.2. The van der Waals surface area contributed by atoms with Gasteiger partial charge in [-0.3, -0.25) is 9.59 Å². The highest BCUT2D eigenvalue weighted by molar-refractivity contribution is 8.01. The Morgan fingerprint density at radius 3 is 2.69 bits per heavy atom. The van der Waals surface area contributed by atoms with Gasteiger partial charge in [0, 0.05) is 10.1 Å². The van der Waals surface area contributed by atoms with Crippen molar-refractivity contribution in [2.75, 3.05) is 5.73 Å². The summed E-state index contributed by atoms with van der Waals surface area (Å²) in [5.74, 6) is -2.17. The lowest BCUT2D eigenvalue weighted by Gasteiger charge is -2.43. The summed E-state index contributed by atoms with van der Waals surface area (Å²) in [5.41, 5.74) is 6.68. The quantitative estimate of drug-likeness (QED) is 0.308. The third-order valence-electron chi connectivity index (χ3n) is 5.17. The molecule has 0 saturated carbocycles. The van der Waals surface area contributed by atoms with Crippen molar-refractivity contribution >= 4 is 51.7 Å². The van der Waals surface area contributed by atoms with E-state index < -0.39 is 40.0 Å². The number of carboxylic acid groups (broad SMARTS) is 1. The van der Waals surface area contributed by atoms with Crippen LogP contribution in [0.1, 0.15) is 25.1 Å². The molecule has 10 nitrogen and oxygen atoms in total. The molecule has 3 heterocycles. The highest BCUT2D eigenvalue weighted by Gasteiger charge is 2.64. The third kappa shape index (κ3) is 4.02. The van der Waals surface area contributed by atoms with Crippen molar-refractivity contribution in [3.8, 4) is 0 Å². The van der Waals surface area contributed by atoms with Gasteiger partial charge in [-0.05, 0) is 19.4 Å². The molecular weight excluding hydrogens is 454 g/mol. The number of rotatable bonds is 7. The first-order chi connectivity index (χ1) is 15.2. The van der Waals surface area contributed by atoms with Gasteiger partial charge < -0.3 is 25.9 Å². The minimum atomic E-state index is -1.07. The Labute approximate surface area is 191 Å². The number of thioether (sulfide) groups is 1. The second-order valence-corrected chi connectivity index (χ2v) is 10.5. The van der Waals surface area contributed by atoms with E-state index in [0.29, 0.717) is 0 Å². The van der Waals surface area contributed by atoms with Crippen LogP contribution in [0.2, 0.25) is 0 Å². The van der Waals surface area contributed by atoms with Crippen LogP contribution in [0.5, 0.6) is 0 Å². The number of anilines is 1. The SMILES string of the molecule is CC1(C)S[C@@H]2[C@@H](NC(=O)C(=NOCc3ccccc3)c3csc(N)n3)C(=O)N2[C@H]1C(=O)O. The number of oxime groups is 1. The summed E-state index contributed by atoms with van der Waals surface area (Å²) in [5, 5.41) is 17.5. The van der Waals surface area contributed by atoms with Crippen LogP contribution in [0.4, 0.5) is 5.13 Å². The highest BCUT2D eigenvalue weighted by Crippen LogP contribution is 2.50. The number of hydrogen-bond donors (Lipinski definition) is 3. The molecule has 2 aromatic rings. The Bertz CT molecular complexity index is 1090. The molecule has 2 amide bonds. The van der Waals surface area contributed by atoms with Crippen LogP contribution in [-0.2, 0) is 25.8 Å². The van der Waals surface area contributed by atoms with E-state index in [1.807, 2.05) is 30.3 Å².